The van der Waals surface area contributed by atoms with Crippen molar-refractivity contribution in [3.05, 3.63) is 41.5 Å². The van der Waals surface area contributed by atoms with Crippen molar-refractivity contribution in [2.24, 2.45) is 0 Å². The van der Waals surface area contributed by atoms with E-state index < -0.39 is 39.8 Å². The number of hydrogen-bond donors (Lipinski definition) is 0. The Hall–Kier alpha value is -1.14. The Kier molecular flexibility index (Phi) is 4.07. The number of benzene rings is 2. The number of nitriles is 2. The van der Waals surface area contributed by atoms with Crippen molar-refractivity contribution in [2.75, 3.05) is 0 Å². The first kappa shape index (κ1) is 15.3. The fourth-order valence-corrected chi connectivity index (χ4v) is 3.82. The smallest absolute Gasteiger partial charge is 0.178 e. The molecular weight excluding hydrogens is 502 g/mol. The van der Waals surface area contributed by atoms with Gasteiger partial charge in [0.25, 0.3) is 0 Å². The van der Waals surface area contributed by atoms with E-state index in [2.05, 4.69) is 0 Å². The van der Waals surface area contributed by atoms with E-state index in [0.717, 1.165) is 0 Å². The Labute approximate surface area is 137 Å². The zero-order valence-corrected chi connectivity index (χ0v) is 13.5. The fraction of sp³-hybridized carbons (Fsp3) is 0. The molecule has 0 fully saturated rings. The quantitative estimate of drug-likeness (QED) is 0.306. The summed E-state index contributed by atoms with van der Waals surface area (Å²) in [7, 11) is 0. The number of nitrogens with zero attached hydrogens (tertiary/aromatic N) is 2. The van der Waals surface area contributed by atoms with E-state index in [1.807, 2.05) is 0 Å². The molecule has 100 valence electrons. The summed E-state index contributed by atoms with van der Waals surface area (Å²) < 4.78 is 54.3. The van der Waals surface area contributed by atoms with Crippen molar-refractivity contribution in [1.29, 1.82) is 10.5 Å². The van der Waals surface area contributed by atoms with Crippen molar-refractivity contribution in [3.8, 4) is 12.1 Å². The molecule has 0 heterocycles. The predicted octanol–water partition coefficient (Wildman–Crippen LogP) is 4.35. The summed E-state index contributed by atoms with van der Waals surface area (Å²) >= 11 is 2.84. The van der Waals surface area contributed by atoms with Crippen LogP contribution in [0.3, 0.4) is 0 Å². The van der Waals surface area contributed by atoms with E-state index in [0.29, 0.717) is 0 Å². The van der Waals surface area contributed by atoms with Crippen molar-refractivity contribution < 1.29 is 17.6 Å². The second-order valence-corrected chi connectivity index (χ2v) is 5.76. The minimum Gasteiger partial charge on any atom is -0.203 e. The van der Waals surface area contributed by atoms with Gasteiger partial charge < -0.3 is 0 Å². The second kappa shape index (κ2) is 5.33. The second-order valence-electron chi connectivity index (χ2n) is 3.61. The summed E-state index contributed by atoms with van der Waals surface area (Å²) in [4.78, 5) is 0. The maximum atomic E-state index is 13.7. The monoisotopic (exact) mass is 502 g/mol. The Bertz CT molecular complexity index is 783. The Balaban J connectivity index is 3.33. The van der Waals surface area contributed by atoms with Crippen molar-refractivity contribution >= 4 is 56.0 Å². The molecule has 0 radical (unpaired) electrons. The Morgan fingerprint density at radius 3 is 1.30 bits per heavy atom. The van der Waals surface area contributed by atoms with Gasteiger partial charge in [-0.15, -0.1) is 0 Å². The lowest BCUT2D eigenvalue weighted by Crippen LogP contribution is -2.05. The number of rotatable bonds is 0. The van der Waals surface area contributed by atoms with Gasteiger partial charge in [0.1, 0.15) is 23.3 Å². The topological polar surface area (TPSA) is 47.6 Å². The average Bonchev–Trinajstić information content (AvgIpc) is 2.43. The Morgan fingerprint density at radius 1 is 0.650 bits per heavy atom. The van der Waals surface area contributed by atoms with Crippen LogP contribution < -0.4 is 0 Å². The number of hydrogen-bond acceptors (Lipinski definition) is 2. The van der Waals surface area contributed by atoms with Crippen LogP contribution in [0.25, 0.3) is 10.8 Å². The molecule has 0 spiro atoms. The highest BCUT2D eigenvalue weighted by molar-refractivity contribution is 14.1. The van der Waals surface area contributed by atoms with Gasteiger partial charge in [-0.05, 0) is 45.2 Å². The van der Waals surface area contributed by atoms with E-state index in [-0.39, 0.29) is 12.5 Å². The van der Waals surface area contributed by atoms with Crippen LogP contribution in [0.5, 0.6) is 0 Å². The molecule has 0 aromatic heterocycles. The zero-order valence-electron chi connectivity index (χ0n) is 9.16. The molecule has 0 saturated heterocycles. The minimum atomic E-state index is -1.48. The van der Waals surface area contributed by atoms with E-state index in [9.17, 15) is 17.6 Å². The van der Waals surface area contributed by atoms with Gasteiger partial charge in [-0.2, -0.15) is 10.5 Å². The zero-order chi connectivity index (χ0) is 15.2. The average molecular weight is 502 g/mol. The summed E-state index contributed by atoms with van der Waals surface area (Å²) in [6.07, 6.45) is 0. The summed E-state index contributed by atoms with van der Waals surface area (Å²) in [5.41, 5.74) is -1.63. The first-order valence-electron chi connectivity index (χ1n) is 4.83. The van der Waals surface area contributed by atoms with E-state index >= 15 is 0 Å². The highest BCUT2D eigenvalue weighted by Crippen LogP contribution is 2.37. The third kappa shape index (κ3) is 1.93. The standard InChI is InChI=1S/C12F4I2N2/c13-7-3(1-19)5-4(2-20)8(14)10(16)12(18)6(5)11(17)9(7)15. The summed E-state index contributed by atoms with van der Waals surface area (Å²) in [5.74, 6) is -5.63. The molecule has 20 heavy (non-hydrogen) atoms. The van der Waals surface area contributed by atoms with E-state index in [4.69, 9.17) is 10.5 Å². The molecule has 0 bridgehead atoms. The van der Waals surface area contributed by atoms with Crippen LogP contribution in [-0.2, 0) is 0 Å². The lowest BCUT2D eigenvalue weighted by molar-refractivity contribution is 0.497. The van der Waals surface area contributed by atoms with Gasteiger partial charge in [0.15, 0.2) is 23.3 Å². The lowest BCUT2D eigenvalue weighted by atomic mass is 9.98. The highest BCUT2D eigenvalue weighted by atomic mass is 127. The lowest BCUT2D eigenvalue weighted by Gasteiger charge is -2.11. The predicted molar refractivity (Wildman–Crippen MR) is 78.6 cm³/mol. The molecular formula is C12F4I2N2. The molecule has 2 aromatic carbocycles. The molecule has 2 rings (SSSR count). The summed E-state index contributed by atoms with van der Waals surface area (Å²) in [6.45, 7) is 0. The van der Waals surface area contributed by atoms with Crippen molar-refractivity contribution in [1.82, 2.24) is 0 Å². The molecule has 0 aliphatic heterocycles. The highest BCUT2D eigenvalue weighted by Gasteiger charge is 2.27. The molecule has 0 amide bonds. The van der Waals surface area contributed by atoms with Crippen LogP contribution in [0, 0.1) is 53.1 Å². The van der Waals surface area contributed by atoms with Gasteiger partial charge in [-0.1, -0.05) is 0 Å². The van der Waals surface area contributed by atoms with Gasteiger partial charge in [0, 0.05) is 10.8 Å². The molecule has 0 aliphatic carbocycles. The van der Waals surface area contributed by atoms with Crippen LogP contribution in [0.1, 0.15) is 11.1 Å². The molecule has 0 atom stereocenters. The SMILES string of the molecule is N#Cc1c(F)c(F)c(I)c2c(I)c(F)c(F)c(C#N)c12. The van der Waals surface area contributed by atoms with Gasteiger partial charge in [-0.25, -0.2) is 17.6 Å². The Morgan fingerprint density at radius 2 is 1.00 bits per heavy atom. The van der Waals surface area contributed by atoms with Gasteiger partial charge in [-0.3, -0.25) is 0 Å². The molecule has 8 heteroatoms. The van der Waals surface area contributed by atoms with Crippen LogP contribution >= 0.6 is 45.2 Å². The van der Waals surface area contributed by atoms with E-state index in [1.54, 1.807) is 0 Å². The van der Waals surface area contributed by atoms with Crippen LogP contribution in [0.2, 0.25) is 0 Å². The van der Waals surface area contributed by atoms with Gasteiger partial charge >= 0.3 is 0 Å². The van der Waals surface area contributed by atoms with E-state index in [1.165, 1.54) is 57.3 Å². The number of fused-ring (bicyclic) bond motifs is 1. The molecule has 0 saturated carbocycles. The first-order valence-corrected chi connectivity index (χ1v) is 6.99. The maximum Gasteiger partial charge on any atom is 0.178 e. The first-order chi connectivity index (χ1) is 9.36. The number of halogens is 6. The normalized spacial score (nSPS) is 10.4. The molecule has 0 unspecified atom stereocenters. The van der Waals surface area contributed by atoms with Crippen LogP contribution in [-0.4, -0.2) is 0 Å². The summed E-state index contributed by atoms with van der Waals surface area (Å²) in [5, 5.41) is 17.2. The van der Waals surface area contributed by atoms with Gasteiger partial charge in [0.2, 0.25) is 0 Å². The van der Waals surface area contributed by atoms with Gasteiger partial charge in [0.05, 0.1) is 7.14 Å². The molecule has 2 aromatic rings. The third-order valence-electron chi connectivity index (χ3n) is 2.62. The van der Waals surface area contributed by atoms with Crippen molar-refractivity contribution in [2.45, 2.75) is 0 Å². The molecule has 0 aliphatic rings. The van der Waals surface area contributed by atoms with Crippen LogP contribution in [0.15, 0.2) is 0 Å². The maximum absolute atomic E-state index is 13.7. The van der Waals surface area contributed by atoms with Crippen LogP contribution in [0.4, 0.5) is 17.6 Å². The largest absolute Gasteiger partial charge is 0.203 e. The fourth-order valence-electron chi connectivity index (χ4n) is 1.75. The summed E-state index contributed by atoms with van der Waals surface area (Å²) in [6, 6.07) is 2.79. The van der Waals surface area contributed by atoms with Crippen molar-refractivity contribution in [3.63, 3.8) is 0 Å². The minimum absolute atomic E-state index is 0.183. The molecule has 0 N–H and O–H groups in total. The molecule has 2 nitrogen and oxygen atoms in total. The third-order valence-corrected chi connectivity index (χ3v) is 4.65.